The number of hydrogen-bond acceptors (Lipinski definition) is 12. The van der Waals surface area contributed by atoms with Crippen molar-refractivity contribution < 1.29 is 58.0 Å². The maximum absolute atomic E-state index is 10.9. The maximum atomic E-state index is 10.9. The van der Waals surface area contributed by atoms with Crippen LogP contribution in [0, 0.1) is 0 Å². The first-order valence-corrected chi connectivity index (χ1v) is 7.44. The molecule has 0 rings (SSSR count). The molecule has 0 heterocycles. The van der Waals surface area contributed by atoms with E-state index in [4.69, 9.17) is 0 Å². The van der Waals surface area contributed by atoms with E-state index in [1.165, 1.54) is 64.0 Å². The first-order valence-electron chi connectivity index (χ1n) is 7.44. The Balaban J connectivity index is -0.000000152. The third-order valence-corrected chi connectivity index (χ3v) is 2.83. The van der Waals surface area contributed by atoms with Crippen LogP contribution in [0.5, 0.6) is 0 Å². The van der Waals surface area contributed by atoms with Crippen molar-refractivity contribution in [2.45, 2.75) is 17.9 Å². The Hall–Kier alpha value is 0.0525. The van der Waals surface area contributed by atoms with Crippen molar-refractivity contribution in [1.29, 1.82) is 0 Å². The van der Waals surface area contributed by atoms with Crippen LogP contribution in [0.3, 0.4) is 0 Å². The van der Waals surface area contributed by atoms with Crippen molar-refractivity contribution in [3.63, 3.8) is 0 Å². The van der Waals surface area contributed by atoms with Crippen molar-refractivity contribution in [3.8, 4) is 0 Å². The van der Waals surface area contributed by atoms with E-state index in [2.05, 4.69) is 42.6 Å². The monoisotopic (exact) mass is 432 g/mol. The molecule has 0 amide bonds. The van der Waals surface area contributed by atoms with Gasteiger partial charge in [-0.1, -0.05) is 0 Å². The molecule has 0 spiro atoms. The number of ether oxygens (including phenoxy) is 9. The van der Waals surface area contributed by atoms with Gasteiger partial charge < -0.3 is 58.0 Å². The molecular formula is C15H33AlO12. The minimum Gasteiger partial charge on any atom is -0.805 e. The molecule has 0 radical (unpaired) electrons. The Morgan fingerprint density at radius 1 is 0.429 bits per heavy atom. The van der Waals surface area contributed by atoms with Gasteiger partial charge in [-0.15, -0.1) is 0 Å². The Kier molecular flexibility index (Phi) is 25.8. The van der Waals surface area contributed by atoms with Crippen LogP contribution in [0.1, 0.15) is 0 Å². The predicted octanol–water partition coefficient (Wildman–Crippen LogP) is -3.56. The quantitative estimate of drug-likeness (QED) is 0.221. The second-order valence-electron chi connectivity index (χ2n) is 4.57. The fraction of sp³-hybridized carbons (Fsp3) is 1.00. The molecule has 0 aliphatic carbocycles. The molecule has 28 heavy (non-hydrogen) atoms. The van der Waals surface area contributed by atoms with Gasteiger partial charge in [0.25, 0.3) is 0 Å². The topological polar surface area (TPSA) is 152 Å². The van der Waals surface area contributed by atoms with Crippen LogP contribution in [-0.2, 0) is 42.6 Å². The maximum Gasteiger partial charge on any atom is 3.00 e. The number of hydrogen-bond donors (Lipinski definition) is 0. The molecule has 0 bridgehead atoms. The van der Waals surface area contributed by atoms with E-state index >= 15 is 0 Å². The van der Waals surface area contributed by atoms with E-state index in [1.54, 1.807) is 0 Å². The standard InChI is InChI=1S/3C5H11O4.Al/c3*1-7-4-5(6,8-2)9-3;/h3*4H2,1-3H3;/q3*-1;+3. The second kappa shape index (κ2) is 20.3. The normalized spacial score (nSPS) is 11.6. The fourth-order valence-electron chi connectivity index (χ4n) is 1.13. The van der Waals surface area contributed by atoms with Gasteiger partial charge in [-0.05, 0) is 0 Å². The van der Waals surface area contributed by atoms with Gasteiger partial charge in [-0.2, -0.15) is 0 Å². The summed E-state index contributed by atoms with van der Waals surface area (Å²) < 4.78 is 40.1. The Bertz CT molecular complexity index is 262. The van der Waals surface area contributed by atoms with E-state index in [-0.39, 0.29) is 37.2 Å². The second-order valence-corrected chi connectivity index (χ2v) is 4.57. The van der Waals surface area contributed by atoms with Crippen LogP contribution in [0.25, 0.3) is 0 Å². The van der Waals surface area contributed by atoms with Crippen molar-refractivity contribution in [1.82, 2.24) is 0 Å². The summed E-state index contributed by atoms with van der Waals surface area (Å²) in [6, 6.07) is 0. The molecule has 0 aromatic heterocycles. The average Bonchev–Trinajstić information content (AvgIpc) is 2.69. The number of methoxy groups -OCH3 is 9. The SMILES string of the molecule is COCC([O-])(OC)OC.COCC([O-])(OC)OC.COCC([O-])(OC)OC.[Al+3]. The first-order chi connectivity index (χ1) is 12.5. The summed E-state index contributed by atoms with van der Waals surface area (Å²) in [5.41, 5.74) is 0. The van der Waals surface area contributed by atoms with Crippen LogP contribution in [0.4, 0.5) is 0 Å². The van der Waals surface area contributed by atoms with E-state index in [0.29, 0.717) is 0 Å². The first kappa shape index (κ1) is 35.5. The third-order valence-electron chi connectivity index (χ3n) is 2.83. The summed E-state index contributed by atoms with van der Waals surface area (Å²) in [5, 5.41) is 32.6. The van der Waals surface area contributed by atoms with E-state index in [9.17, 15) is 15.3 Å². The number of rotatable bonds is 12. The van der Waals surface area contributed by atoms with Gasteiger partial charge in [0.2, 0.25) is 0 Å². The zero-order chi connectivity index (χ0) is 22.0. The van der Waals surface area contributed by atoms with E-state index in [0.717, 1.165) is 0 Å². The Morgan fingerprint density at radius 3 is 0.607 bits per heavy atom. The van der Waals surface area contributed by atoms with Gasteiger partial charge in [-0.25, -0.2) is 0 Å². The van der Waals surface area contributed by atoms with Gasteiger partial charge in [-0.3, -0.25) is 0 Å². The molecule has 0 N–H and O–H groups in total. The van der Waals surface area contributed by atoms with Crippen LogP contribution < -0.4 is 15.3 Å². The zero-order valence-corrected chi connectivity index (χ0v) is 19.3. The Labute approximate surface area is 177 Å². The average molecular weight is 432 g/mol. The summed E-state index contributed by atoms with van der Waals surface area (Å²) in [6.07, 6.45) is 0. The molecule has 0 aromatic carbocycles. The molecule has 0 aliphatic heterocycles. The summed E-state index contributed by atoms with van der Waals surface area (Å²) in [6.45, 7) is -0.333. The van der Waals surface area contributed by atoms with Gasteiger partial charge in [0.05, 0.1) is 19.8 Å². The molecule has 13 heteroatoms. The van der Waals surface area contributed by atoms with Gasteiger partial charge in [0.1, 0.15) is 17.9 Å². The molecular weight excluding hydrogens is 399 g/mol. The molecule has 0 aliphatic rings. The van der Waals surface area contributed by atoms with Crippen LogP contribution in [0.15, 0.2) is 0 Å². The van der Waals surface area contributed by atoms with Gasteiger partial charge in [0, 0.05) is 64.0 Å². The van der Waals surface area contributed by atoms with E-state index in [1.807, 2.05) is 0 Å². The van der Waals surface area contributed by atoms with Crippen molar-refractivity contribution >= 4 is 17.4 Å². The van der Waals surface area contributed by atoms with Crippen molar-refractivity contribution in [2.75, 3.05) is 83.8 Å². The molecule has 0 aromatic rings. The molecule has 0 saturated heterocycles. The molecule has 12 nitrogen and oxygen atoms in total. The summed E-state index contributed by atoms with van der Waals surface area (Å²) in [4.78, 5) is 0. The third kappa shape index (κ3) is 18.1. The van der Waals surface area contributed by atoms with Crippen LogP contribution >= 0.6 is 0 Å². The minimum atomic E-state index is -1.84. The van der Waals surface area contributed by atoms with Crippen LogP contribution in [-0.4, -0.2) is 119 Å². The minimum absolute atomic E-state index is 0. The van der Waals surface area contributed by atoms with E-state index < -0.39 is 17.9 Å². The molecule has 0 atom stereocenters. The molecule has 0 unspecified atom stereocenters. The summed E-state index contributed by atoms with van der Waals surface area (Å²) >= 11 is 0. The van der Waals surface area contributed by atoms with Crippen LogP contribution in [0.2, 0.25) is 0 Å². The van der Waals surface area contributed by atoms with Crippen molar-refractivity contribution in [2.24, 2.45) is 0 Å². The zero-order valence-electron chi connectivity index (χ0n) is 18.1. The molecule has 0 saturated carbocycles. The molecule has 168 valence electrons. The summed E-state index contributed by atoms with van der Waals surface area (Å²) in [7, 11) is 11.9. The van der Waals surface area contributed by atoms with Gasteiger partial charge >= 0.3 is 17.4 Å². The summed E-state index contributed by atoms with van der Waals surface area (Å²) in [5.74, 6) is -5.52. The fourth-order valence-corrected chi connectivity index (χ4v) is 1.13. The Morgan fingerprint density at radius 2 is 0.571 bits per heavy atom. The predicted molar refractivity (Wildman–Crippen MR) is 91.6 cm³/mol. The molecule has 0 fully saturated rings. The largest absolute Gasteiger partial charge is 3.00 e. The smallest absolute Gasteiger partial charge is 0.805 e. The van der Waals surface area contributed by atoms with Crippen molar-refractivity contribution in [3.05, 3.63) is 0 Å². The van der Waals surface area contributed by atoms with Gasteiger partial charge in [0.15, 0.2) is 0 Å².